The predicted octanol–water partition coefficient (Wildman–Crippen LogP) is 2.66. The lowest BCUT2D eigenvalue weighted by molar-refractivity contribution is 0.107. The number of sulfonamides is 1. The summed E-state index contributed by atoms with van der Waals surface area (Å²) in [5, 5.41) is 0. The van der Waals surface area contributed by atoms with Gasteiger partial charge in [0.2, 0.25) is 10.0 Å². The smallest absolute Gasteiger partial charge is 0.250 e. The summed E-state index contributed by atoms with van der Waals surface area (Å²) in [6, 6.07) is 1.68. The Morgan fingerprint density at radius 3 is 2.72 bits per heavy atom. The van der Waals surface area contributed by atoms with E-state index in [-0.39, 0.29) is 12.1 Å². The molecule has 0 spiro atoms. The second-order valence-electron chi connectivity index (χ2n) is 4.51. The first-order valence-corrected chi connectivity index (χ1v) is 8.82. The number of nitrogens with one attached hydrogen (secondary N) is 1. The summed E-state index contributed by atoms with van der Waals surface area (Å²) in [6.07, 6.45) is 2.68. The maximum absolute atomic E-state index is 12.2. The summed E-state index contributed by atoms with van der Waals surface area (Å²) >= 11 is 4.59. The molecule has 18 heavy (non-hydrogen) atoms. The number of aryl methyl sites for hydroxylation is 1. The number of hydrogen-bond donors (Lipinski definition) is 1. The van der Waals surface area contributed by atoms with E-state index in [0.717, 1.165) is 28.6 Å². The molecule has 4 nitrogen and oxygen atoms in total. The van der Waals surface area contributed by atoms with Crippen LogP contribution in [0.4, 0.5) is 0 Å². The molecule has 0 aromatic carbocycles. The third-order valence-electron chi connectivity index (χ3n) is 3.14. The van der Waals surface area contributed by atoms with E-state index < -0.39 is 10.0 Å². The van der Waals surface area contributed by atoms with Crippen LogP contribution in [0.25, 0.3) is 0 Å². The van der Waals surface area contributed by atoms with Crippen LogP contribution in [0, 0.1) is 6.92 Å². The van der Waals surface area contributed by atoms with Crippen LogP contribution in [0.15, 0.2) is 14.1 Å². The summed E-state index contributed by atoms with van der Waals surface area (Å²) in [7, 11) is -1.73. The van der Waals surface area contributed by atoms with Crippen LogP contribution in [0.5, 0.6) is 0 Å². The molecule has 0 aliphatic heterocycles. The van der Waals surface area contributed by atoms with Crippen molar-refractivity contribution >= 4 is 37.3 Å². The van der Waals surface area contributed by atoms with E-state index in [2.05, 4.69) is 20.7 Å². The monoisotopic (exact) mass is 353 g/mol. The summed E-state index contributed by atoms with van der Waals surface area (Å²) < 4.78 is 33.6. The highest BCUT2D eigenvalue weighted by Crippen LogP contribution is 2.31. The lowest BCUT2D eigenvalue weighted by atomic mass is 10.3. The molecule has 2 unspecified atom stereocenters. The van der Waals surface area contributed by atoms with Gasteiger partial charge in [-0.05, 0) is 53.7 Å². The molecule has 102 valence electrons. The number of rotatable bonds is 4. The van der Waals surface area contributed by atoms with Gasteiger partial charge in [0, 0.05) is 13.2 Å². The molecule has 1 aliphatic rings. The van der Waals surface area contributed by atoms with Gasteiger partial charge in [-0.3, -0.25) is 0 Å². The Hall–Kier alpha value is 0.0500. The van der Waals surface area contributed by atoms with Crippen LogP contribution in [0.1, 0.15) is 24.8 Å². The van der Waals surface area contributed by atoms with Gasteiger partial charge in [0.1, 0.15) is 4.21 Å². The first-order chi connectivity index (χ1) is 8.42. The largest absolute Gasteiger partial charge is 0.381 e. The molecule has 2 atom stereocenters. The molecule has 1 aromatic rings. The first kappa shape index (κ1) is 14.5. The highest BCUT2D eigenvalue weighted by Gasteiger charge is 2.29. The molecule has 0 radical (unpaired) electrons. The van der Waals surface area contributed by atoms with Crippen molar-refractivity contribution in [3.05, 3.63) is 15.4 Å². The van der Waals surface area contributed by atoms with Gasteiger partial charge in [-0.1, -0.05) is 0 Å². The fraction of sp³-hybridized carbons (Fsp3) is 0.636. The molecule has 0 bridgehead atoms. The van der Waals surface area contributed by atoms with Gasteiger partial charge in [-0.25, -0.2) is 13.1 Å². The molecular formula is C11H16BrNO3S2. The van der Waals surface area contributed by atoms with Gasteiger partial charge < -0.3 is 4.74 Å². The van der Waals surface area contributed by atoms with E-state index in [1.807, 2.05) is 6.92 Å². The summed E-state index contributed by atoms with van der Waals surface area (Å²) in [5.41, 5.74) is 0.946. The van der Waals surface area contributed by atoms with E-state index in [0.29, 0.717) is 4.21 Å². The second kappa shape index (κ2) is 5.58. The number of hydrogen-bond acceptors (Lipinski definition) is 4. The third-order valence-corrected chi connectivity index (χ3v) is 7.27. The molecule has 1 heterocycles. The van der Waals surface area contributed by atoms with Crippen LogP contribution in [0.2, 0.25) is 0 Å². The van der Waals surface area contributed by atoms with E-state index in [1.165, 1.54) is 11.3 Å². The number of ether oxygens (including phenoxy) is 1. The van der Waals surface area contributed by atoms with Gasteiger partial charge in [-0.2, -0.15) is 0 Å². The highest BCUT2D eigenvalue weighted by atomic mass is 79.9. The molecule has 0 amide bonds. The molecule has 1 aromatic heterocycles. The zero-order valence-corrected chi connectivity index (χ0v) is 13.5. The standard InChI is InChI=1S/C11H16BrNO3S2/c1-7-5-10(17-11(7)12)18(14,15)13-8-3-4-9(6-8)16-2/h5,8-9,13H,3-4,6H2,1-2H3. The van der Waals surface area contributed by atoms with Crippen molar-refractivity contribution in [1.29, 1.82) is 0 Å². The topological polar surface area (TPSA) is 55.4 Å². The molecule has 2 rings (SSSR count). The molecule has 1 N–H and O–H groups in total. The average Bonchev–Trinajstić information content (AvgIpc) is 2.87. The minimum Gasteiger partial charge on any atom is -0.381 e. The molecule has 1 saturated carbocycles. The Morgan fingerprint density at radius 2 is 2.22 bits per heavy atom. The fourth-order valence-electron chi connectivity index (χ4n) is 2.10. The normalized spacial score (nSPS) is 24.6. The molecule has 0 saturated heterocycles. The van der Waals surface area contributed by atoms with Gasteiger partial charge in [0.15, 0.2) is 0 Å². The quantitative estimate of drug-likeness (QED) is 0.905. The summed E-state index contributed by atoms with van der Waals surface area (Å²) in [4.78, 5) is 0. The van der Waals surface area contributed by atoms with Crippen molar-refractivity contribution in [1.82, 2.24) is 4.72 Å². The number of halogens is 1. The number of methoxy groups -OCH3 is 1. The Labute approximate surface area is 120 Å². The summed E-state index contributed by atoms with van der Waals surface area (Å²) in [6.45, 7) is 1.89. The van der Waals surface area contributed by atoms with Gasteiger partial charge in [-0.15, -0.1) is 11.3 Å². The average molecular weight is 354 g/mol. The van der Waals surface area contributed by atoms with E-state index in [1.54, 1.807) is 13.2 Å². The van der Waals surface area contributed by atoms with Crippen LogP contribution >= 0.6 is 27.3 Å². The van der Waals surface area contributed by atoms with Gasteiger partial charge in [0.05, 0.1) is 9.89 Å². The molecule has 7 heteroatoms. The Bertz CT molecular complexity index is 507. The summed E-state index contributed by atoms with van der Waals surface area (Å²) in [5.74, 6) is 0. The van der Waals surface area contributed by atoms with Crippen molar-refractivity contribution in [2.24, 2.45) is 0 Å². The molecule has 1 aliphatic carbocycles. The first-order valence-electron chi connectivity index (χ1n) is 5.73. The van der Waals surface area contributed by atoms with Crippen molar-refractivity contribution in [2.75, 3.05) is 7.11 Å². The van der Waals surface area contributed by atoms with E-state index in [9.17, 15) is 8.42 Å². The zero-order chi connectivity index (χ0) is 13.3. The predicted molar refractivity (Wildman–Crippen MR) is 75.5 cm³/mol. The zero-order valence-electron chi connectivity index (χ0n) is 10.3. The van der Waals surface area contributed by atoms with Gasteiger partial charge in [0.25, 0.3) is 0 Å². The third kappa shape index (κ3) is 3.14. The Balaban J connectivity index is 2.08. The van der Waals surface area contributed by atoms with Crippen molar-refractivity contribution in [3.8, 4) is 0 Å². The maximum atomic E-state index is 12.2. The van der Waals surface area contributed by atoms with Crippen LogP contribution in [0.3, 0.4) is 0 Å². The highest BCUT2D eigenvalue weighted by molar-refractivity contribution is 9.11. The van der Waals surface area contributed by atoms with Crippen LogP contribution in [-0.4, -0.2) is 27.7 Å². The maximum Gasteiger partial charge on any atom is 0.250 e. The lowest BCUT2D eigenvalue weighted by Crippen LogP contribution is -2.33. The minimum atomic E-state index is -3.39. The second-order valence-corrected chi connectivity index (χ2v) is 8.82. The number of thiophene rings is 1. The molecular weight excluding hydrogens is 338 g/mol. The Kier molecular flexibility index (Phi) is 4.48. The SMILES string of the molecule is COC1CCC(NS(=O)(=O)c2cc(C)c(Br)s2)C1. The van der Waals surface area contributed by atoms with Crippen LogP contribution < -0.4 is 4.72 Å². The van der Waals surface area contributed by atoms with Crippen molar-refractivity contribution < 1.29 is 13.2 Å². The molecule has 1 fully saturated rings. The van der Waals surface area contributed by atoms with Crippen LogP contribution in [-0.2, 0) is 14.8 Å². The Morgan fingerprint density at radius 1 is 1.50 bits per heavy atom. The lowest BCUT2D eigenvalue weighted by Gasteiger charge is -2.12. The van der Waals surface area contributed by atoms with Crippen molar-refractivity contribution in [3.63, 3.8) is 0 Å². The van der Waals surface area contributed by atoms with E-state index in [4.69, 9.17) is 4.74 Å². The van der Waals surface area contributed by atoms with Crippen molar-refractivity contribution in [2.45, 2.75) is 42.5 Å². The van der Waals surface area contributed by atoms with Gasteiger partial charge >= 0.3 is 0 Å². The van der Waals surface area contributed by atoms with E-state index >= 15 is 0 Å². The fourth-order valence-corrected chi connectivity index (χ4v) is 5.63. The minimum absolute atomic E-state index is 0.0128.